The minimum absolute atomic E-state index is 0.0519. The number of sulfonamides is 1. The number of hydrogen-bond donors (Lipinski definition) is 1. The lowest BCUT2D eigenvalue weighted by Gasteiger charge is -2.12. The van der Waals surface area contributed by atoms with Gasteiger partial charge in [0.2, 0.25) is 15.2 Å². The molecule has 2 aromatic carbocycles. The average molecular weight is 442 g/mol. The van der Waals surface area contributed by atoms with Gasteiger partial charge < -0.3 is 5.32 Å². The van der Waals surface area contributed by atoms with Gasteiger partial charge in [0.05, 0.1) is 20.8 Å². The second-order valence-corrected chi connectivity index (χ2v) is 9.98. The summed E-state index contributed by atoms with van der Waals surface area (Å²) < 4.78 is 28.4. The van der Waals surface area contributed by atoms with Gasteiger partial charge in [-0.15, -0.1) is 0 Å². The first-order chi connectivity index (χ1) is 14.3. The number of hydrogen-bond acceptors (Lipinski definition) is 6. The molecule has 0 aliphatic rings. The van der Waals surface area contributed by atoms with Crippen LogP contribution >= 0.6 is 11.3 Å². The Kier molecular flexibility index (Phi) is 5.14. The highest BCUT2D eigenvalue weighted by molar-refractivity contribution is 7.89. The van der Waals surface area contributed by atoms with Crippen LogP contribution in [0.3, 0.4) is 0 Å². The Labute approximate surface area is 177 Å². The summed E-state index contributed by atoms with van der Waals surface area (Å²) >= 11 is 1.46. The number of rotatable bonds is 5. The Balaban J connectivity index is 1.67. The van der Waals surface area contributed by atoms with Crippen molar-refractivity contribution in [3.05, 3.63) is 65.9 Å². The smallest absolute Gasteiger partial charge is 0.256 e. The largest absolute Gasteiger partial charge is 0.306 e. The first kappa shape index (κ1) is 20.2. The number of benzene rings is 2. The molecule has 8 nitrogen and oxygen atoms in total. The van der Waals surface area contributed by atoms with Crippen molar-refractivity contribution in [3.8, 4) is 5.13 Å². The third-order valence-corrected chi connectivity index (χ3v) is 7.23. The number of anilines is 1. The Morgan fingerprint density at radius 3 is 2.60 bits per heavy atom. The standard InChI is InChI=1S/C20H19N5O3S2/c1-13-11-18(25(23-13)20-21-16-9-4-5-10-17(16)29-20)22-19(26)14-7-6-8-15(12-14)30(27,28)24(2)3/h4-12H,1-3H3,(H,22,26). The SMILES string of the molecule is Cc1cc(NC(=O)c2cccc(S(=O)(=O)N(C)C)c2)n(-c2nc3ccccc3s2)n1. The molecular weight excluding hydrogens is 422 g/mol. The molecule has 0 atom stereocenters. The summed E-state index contributed by atoms with van der Waals surface area (Å²) in [5, 5.41) is 7.90. The van der Waals surface area contributed by atoms with Crippen LogP contribution in [0.25, 0.3) is 15.3 Å². The maximum atomic E-state index is 12.9. The summed E-state index contributed by atoms with van der Waals surface area (Å²) in [6.45, 7) is 1.82. The summed E-state index contributed by atoms with van der Waals surface area (Å²) in [6, 6.07) is 15.4. The molecule has 2 heterocycles. The minimum Gasteiger partial charge on any atom is -0.306 e. The molecule has 4 rings (SSSR count). The molecule has 0 aliphatic heterocycles. The van der Waals surface area contributed by atoms with Gasteiger partial charge in [0, 0.05) is 25.7 Å². The minimum atomic E-state index is -3.64. The molecule has 0 aliphatic carbocycles. The first-order valence-electron chi connectivity index (χ1n) is 9.02. The van der Waals surface area contributed by atoms with Crippen molar-refractivity contribution in [1.29, 1.82) is 0 Å². The fourth-order valence-electron chi connectivity index (χ4n) is 2.88. The van der Waals surface area contributed by atoms with Crippen molar-refractivity contribution < 1.29 is 13.2 Å². The molecule has 10 heteroatoms. The summed E-state index contributed by atoms with van der Waals surface area (Å²) in [5.41, 5.74) is 1.80. The first-order valence-corrected chi connectivity index (χ1v) is 11.3. The predicted octanol–water partition coefficient (Wildman–Crippen LogP) is 3.29. The van der Waals surface area contributed by atoms with Crippen LogP contribution in [0, 0.1) is 6.92 Å². The molecule has 1 N–H and O–H groups in total. The molecule has 0 bridgehead atoms. The van der Waals surface area contributed by atoms with E-state index in [0.29, 0.717) is 16.6 Å². The van der Waals surface area contributed by atoms with Gasteiger partial charge in [0.15, 0.2) is 0 Å². The quantitative estimate of drug-likeness (QED) is 0.513. The average Bonchev–Trinajstić information content (AvgIpc) is 3.30. The van der Waals surface area contributed by atoms with Crippen LogP contribution in [-0.4, -0.2) is 47.5 Å². The van der Waals surface area contributed by atoms with Crippen molar-refractivity contribution in [3.63, 3.8) is 0 Å². The Morgan fingerprint density at radius 1 is 1.10 bits per heavy atom. The number of aryl methyl sites for hydroxylation is 1. The van der Waals surface area contributed by atoms with E-state index in [1.54, 1.807) is 22.9 Å². The van der Waals surface area contributed by atoms with E-state index in [4.69, 9.17) is 0 Å². The van der Waals surface area contributed by atoms with Crippen LogP contribution in [-0.2, 0) is 10.0 Å². The van der Waals surface area contributed by atoms with E-state index in [0.717, 1.165) is 14.5 Å². The lowest BCUT2D eigenvalue weighted by molar-refractivity contribution is 0.102. The monoisotopic (exact) mass is 441 g/mol. The Bertz CT molecular complexity index is 1320. The van der Waals surface area contributed by atoms with Crippen molar-refractivity contribution in [1.82, 2.24) is 19.1 Å². The van der Waals surface area contributed by atoms with Gasteiger partial charge in [-0.05, 0) is 37.3 Å². The molecule has 1 amide bonds. The van der Waals surface area contributed by atoms with Crippen LogP contribution < -0.4 is 5.32 Å². The second-order valence-electron chi connectivity index (χ2n) is 6.82. The predicted molar refractivity (Wildman–Crippen MR) is 117 cm³/mol. The third-order valence-electron chi connectivity index (χ3n) is 4.41. The number of nitrogens with one attached hydrogen (secondary N) is 1. The molecule has 0 fully saturated rings. The molecule has 4 aromatic rings. The summed E-state index contributed by atoms with van der Waals surface area (Å²) in [6.07, 6.45) is 0. The van der Waals surface area contributed by atoms with Gasteiger partial charge in [-0.1, -0.05) is 29.5 Å². The lowest BCUT2D eigenvalue weighted by atomic mass is 10.2. The van der Waals surface area contributed by atoms with E-state index in [1.165, 1.54) is 37.6 Å². The summed E-state index contributed by atoms with van der Waals surface area (Å²) in [7, 11) is -0.748. The normalized spacial score (nSPS) is 11.9. The van der Waals surface area contributed by atoms with Crippen LogP contribution in [0.2, 0.25) is 0 Å². The molecule has 0 saturated heterocycles. The highest BCUT2D eigenvalue weighted by Crippen LogP contribution is 2.27. The maximum absolute atomic E-state index is 12.9. The highest BCUT2D eigenvalue weighted by atomic mass is 32.2. The number of aromatic nitrogens is 3. The van der Waals surface area contributed by atoms with Crippen LogP contribution in [0.1, 0.15) is 16.1 Å². The number of carbonyl (C=O) groups is 1. The Hall–Kier alpha value is -3.08. The number of thiazole rings is 1. The molecule has 0 unspecified atom stereocenters. The summed E-state index contributed by atoms with van der Waals surface area (Å²) in [5.74, 6) is 0.0190. The van der Waals surface area contributed by atoms with E-state index in [2.05, 4.69) is 15.4 Å². The maximum Gasteiger partial charge on any atom is 0.256 e. The molecule has 2 aromatic heterocycles. The lowest BCUT2D eigenvalue weighted by Crippen LogP contribution is -2.23. The van der Waals surface area contributed by atoms with Gasteiger partial charge in [0.1, 0.15) is 5.82 Å². The zero-order valence-corrected chi connectivity index (χ0v) is 18.2. The second kappa shape index (κ2) is 7.63. The van der Waals surface area contributed by atoms with Gasteiger partial charge in [0.25, 0.3) is 5.91 Å². The number of fused-ring (bicyclic) bond motifs is 1. The van der Waals surface area contributed by atoms with Gasteiger partial charge in [-0.25, -0.2) is 17.7 Å². The van der Waals surface area contributed by atoms with E-state index in [-0.39, 0.29) is 10.5 Å². The fourth-order valence-corrected chi connectivity index (χ4v) is 4.76. The van der Waals surface area contributed by atoms with E-state index in [9.17, 15) is 13.2 Å². The van der Waals surface area contributed by atoms with Crippen molar-refractivity contribution >= 4 is 43.3 Å². The van der Waals surface area contributed by atoms with Crippen molar-refractivity contribution in [2.45, 2.75) is 11.8 Å². The number of amides is 1. The molecule has 154 valence electrons. The van der Waals surface area contributed by atoms with Crippen molar-refractivity contribution in [2.24, 2.45) is 0 Å². The Morgan fingerprint density at radius 2 is 1.87 bits per heavy atom. The number of carbonyl (C=O) groups excluding carboxylic acids is 1. The van der Waals surface area contributed by atoms with E-state index in [1.807, 2.05) is 31.2 Å². The van der Waals surface area contributed by atoms with Gasteiger partial charge in [-0.2, -0.15) is 9.78 Å². The number of para-hydroxylation sites is 1. The van der Waals surface area contributed by atoms with Crippen molar-refractivity contribution in [2.75, 3.05) is 19.4 Å². The third kappa shape index (κ3) is 3.72. The zero-order valence-electron chi connectivity index (χ0n) is 16.5. The fraction of sp³-hybridized carbons (Fsp3) is 0.150. The molecule has 0 spiro atoms. The molecule has 0 radical (unpaired) electrons. The van der Waals surface area contributed by atoms with Crippen LogP contribution in [0.5, 0.6) is 0 Å². The topological polar surface area (TPSA) is 97.2 Å². The van der Waals surface area contributed by atoms with E-state index >= 15 is 0 Å². The molecule has 30 heavy (non-hydrogen) atoms. The summed E-state index contributed by atoms with van der Waals surface area (Å²) in [4.78, 5) is 17.5. The molecule has 0 saturated carbocycles. The zero-order chi connectivity index (χ0) is 21.5. The van der Waals surface area contributed by atoms with E-state index < -0.39 is 15.9 Å². The molecular formula is C20H19N5O3S2. The number of nitrogens with zero attached hydrogens (tertiary/aromatic N) is 4. The van der Waals surface area contributed by atoms with Crippen LogP contribution in [0.4, 0.5) is 5.82 Å². The van der Waals surface area contributed by atoms with Crippen LogP contribution in [0.15, 0.2) is 59.5 Å². The highest BCUT2D eigenvalue weighted by Gasteiger charge is 2.20. The van der Waals surface area contributed by atoms with Gasteiger partial charge in [-0.3, -0.25) is 4.79 Å². The van der Waals surface area contributed by atoms with Gasteiger partial charge >= 0.3 is 0 Å².